The Hall–Kier alpha value is -1.50. The molecule has 26 heavy (non-hydrogen) atoms. The van der Waals surface area contributed by atoms with Crippen molar-refractivity contribution in [1.29, 1.82) is 0 Å². The number of rotatable bonds is 3. The first-order chi connectivity index (χ1) is 12.6. The number of halogens is 2. The number of anilines is 1. The minimum Gasteiger partial charge on any atom is -0.342 e. The summed E-state index contributed by atoms with van der Waals surface area (Å²) in [5.74, 6) is 1.66. The Kier molecular flexibility index (Phi) is 5.25. The molecule has 0 aliphatic carbocycles. The molecule has 136 valence electrons. The predicted molar refractivity (Wildman–Crippen MR) is 107 cm³/mol. The van der Waals surface area contributed by atoms with Crippen molar-refractivity contribution in [3.63, 3.8) is 0 Å². The van der Waals surface area contributed by atoms with Crippen LogP contribution in [0.5, 0.6) is 0 Å². The van der Waals surface area contributed by atoms with E-state index in [1.807, 2.05) is 22.7 Å². The van der Waals surface area contributed by atoms with Crippen LogP contribution in [0.25, 0.3) is 5.65 Å². The van der Waals surface area contributed by atoms with Crippen LogP contribution in [-0.4, -0.2) is 32.7 Å². The van der Waals surface area contributed by atoms with Gasteiger partial charge in [0.1, 0.15) is 6.33 Å². The number of benzene rings is 1. The summed E-state index contributed by atoms with van der Waals surface area (Å²) < 4.78 is 1.97. The fraction of sp³-hybridized carbons (Fsp3) is 0.389. The average molecular weight is 408 g/mol. The number of aromatic nitrogens is 4. The molecule has 3 aromatic rings. The fourth-order valence-corrected chi connectivity index (χ4v) is 4.63. The molecule has 1 aliphatic rings. The zero-order valence-corrected chi connectivity index (χ0v) is 16.7. The van der Waals surface area contributed by atoms with E-state index in [9.17, 15) is 0 Å². The monoisotopic (exact) mass is 407 g/mol. The largest absolute Gasteiger partial charge is 0.342 e. The highest BCUT2D eigenvalue weighted by molar-refractivity contribution is 7.99. The average Bonchev–Trinajstić information content (AvgIpc) is 3.03. The lowest BCUT2D eigenvalue weighted by Gasteiger charge is -2.22. The topological polar surface area (TPSA) is 46.3 Å². The first-order valence-electron chi connectivity index (χ1n) is 8.69. The van der Waals surface area contributed by atoms with Gasteiger partial charge in [0.05, 0.1) is 14.9 Å². The van der Waals surface area contributed by atoms with Gasteiger partial charge in [-0.3, -0.25) is 0 Å². The molecule has 1 aromatic carbocycles. The van der Waals surface area contributed by atoms with Crippen molar-refractivity contribution < 1.29 is 0 Å². The Balaban J connectivity index is 1.69. The second-order valence-electron chi connectivity index (χ2n) is 6.62. The quantitative estimate of drug-likeness (QED) is 0.596. The van der Waals surface area contributed by atoms with Gasteiger partial charge in [-0.05, 0) is 37.3 Å². The molecule has 1 atom stereocenters. The highest BCUT2D eigenvalue weighted by Gasteiger charge is 2.20. The SMILES string of the molecule is C[C@@H]1CCCN(c2ncc(Sc3cccc(Cl)c3Cl)c3nncn23)CC1. The van der Waals surface area contributed by atoms with Crippen LogP contribution in [-0.2, 0) is 0 Å². The molecule has 0 spiro atoms. The maximum atomic E-state index is 6.33. The molecule has 3 heterocycles. The third-order valence-corrected chi connectivity index (χ3v) is 6.72. The number of nitrogens with zero attached hydrogens (tertiary/aromatic N) is 5. The molecule has 5 nitrogen and oxygen atoms in total. The second kappa shape index (κ2) is 7.62. The van der Waals surface area contributed by atoms with Crippen molar-refractivity contribution in [2.24, 2.45) is 5.92 Å². The highest BCUT2D eigenvalue weighted by Crippen LogP contribution is 2.38. The summed E-state index contributed by atoms with van der Waals surface area (Å²) in [4.78, 5) is 8.84. The zero-order chi connectivity index (χ0) is 18.1. The molecule has 0 saturated carbocycles. The molecule has 1 aliphatic heterocycles. The highest BCUT2D eigenvalue weighted by atomic mass is 35.5. The summed E-state index contributed by atoms with van der Waals surface area (Å²) in [7, 11) is 0. The first-order valence-corrected chi connectivity index (χ1v) is 10.3. The fourth-order valence-electron chi connectivity index (χ4n) is 3.24. The Morgan fingerprint density at radius 3 is 2.92 bits per heavy atom. The smallest absolute Gasteiger partial charge is 0.212 e. The summed E-state index contributed by atoms with van der Waals surface area (Å²) in [6.45, 7) is 4.34. The molecular weight excluding hydrogens is 389 g/mol. The summed E-state index contributed by atoms with van der Waals surface area (Å²) in [6.07, 6.45) is 7.22. The van der Waals surface area contributed by atoms with Crippen molar-refractivity contribution in [1.82, 2.24) is 19.6 Å². The lowest BCUT2D eigenvalue weighted by Crippen LogP contribution is -2.27. The van der Waals surface area contributed by atoms with E-state index in [1.165, 1.54) is 31.0 Å². The van der Waals surface area contributed by atoms with Crippen LogP contribution in [0, 0.1) is 5.92 Å². The van der Waals surface area contributed by atoms with Gasteiger partial charge in [0.15, 0.2) is 5.65 Å². The molecule has 0 N–H and O–H groups in total. The number of hydrogen-bond donors (Lipinski definition) is 0. The maximum absolute atomic E-state index is 6.33. The van der Waals surface area contributed by atoms with Gasteiger partial charge in [-0.2, -0.15) is 0 Å². The van der Waals surface area contributed by atoms with Gasteiger partial charge in [0, 0.05) is 24.2 Å². The third-order valence-electron chi connectivity index (χ3n) is 4.72. The summed E-state index contributed by atoms with van der Waals surface area (Å²) in [6, 6.07) is 5.61. The van der Waals surface area contributed by atoms with Crippen LogP contribution >= 0.6 is 35.0 Å². The molecule has 0 radical (unpaired) electrons. The van der Waals surface area contributed by atoms with Crippen molar-refractivity contribution in [3.05, 3.63) is 40.8 Å². The van der Waals surface area contributed by atoms with E-state index < -0.39 is 0 Å². The molecule has 0 amide bonds. The van der Waals surface area contributed by atoms with E-state index in [-0.39, 0.29) is 0 Å². The van der Waals surface area contributed by atoms with Crippen molar-refractivity contribution in [2.75, 3.05) is 18.0 Å². The lowest BCUT2D eigenvalue weighted by molar-refractivity contribution is 0.520. The van der Waals surface area contributed by atoms with Crippen molar-refractivity contribution >= 4 is 46.6 Å². The van der Waals surface area contributed by atoms with Crippen LogP contribution in [0.3, 0.4) is 0 Å². The predicted octanol–water partition coefficient (Wildman–Crippen LogP) is 5.21. The molecule has 0 unspecified atom stereocenters. The van der Waals surface area contributed by atoms with Crippen LogP contribution in [0.1, 0.15) is 26.2 Å². The standard InChI is InChI=1S/C18H19Cl2N5S/c1-12-4-3-8-24(9-7-12)18-21-10-15(17-23-22-11-25(17)18)26-14-6-2-5-13(19)16(14)20/h2,5-6,10-12H,3-4,7-9H2,1H3/t12-/m1/s1. The molecular formula is C18H19Cl2N5S. The molecule has 0 bridgehead atoms. The van der Waals surface area contributed by atoms with Crippen LogP contribution in [0.2, 0.25) is 10.0 Å². The van der Waals surface area contributed by atoms with Crippen molar-refractivity contribution in [3.8, 4) is 0 Å². The van der Waals surface area contributed by atoms with Crippen molar-refractivity contribution in [2.45, 2.75) is 36.0 Å². The number of hydrogen-bond acceptors (Lipinski definition) is 5. The van der Waals surface area contributed by atoms with E-state index in [1.54, 1.807) is 12.4 Å². The molecule has 4 rings (SSSR count). The summed E-state index contributed by atoms with van der Waals surface area (Å²) >= 11 is 14.0. The number of fused-ring (bicyclic) bond motifs is 1. The Bertz CT molecular complexity index is 929. The molecule has 1 fully saturated rings. The van der Waals surface area contributed by atoms with Crippen LogP contribution < -0.4 is 4.90 Å². The van der Waals surface area contributed by atoms with E-state index >= 15 is 0 Å². The second-order valence-corrected chi connectivity index (χ2v) is 8.49. The lowest BCUT2D eigenvalue weighted by atomic mass is 10.0. The zero-order valence-electron chi connectivity index (χ0n) is 14.4. The Morgan fingerprint density at radius 1 is 1.15 bits per heavy atom. The molecule has 2 aromatic heterocycles. The van der Waals surface area contributed by atoms with Gasteiger partial charge in [0.25, 0.3) is 0 Å². The Morgan fingerprint density at radius 2 is 2.04 bits per heavy atom. The minimum atomic E-state index is 0.539. The third kappa shape index (κ3) is 3.50. The van der Waals surface area contributed by atoms with Gasteiger partial charge in [-0.25, -0.2) is 9.38 Å². The molecule has 1 saturated heterocycles. The van der Waals surface area contributed by atoms with Crippen LogP contribution in [0.4, 0.5) is 5.95 Å². The van der Waals surface area contributed by atoms with E-state index in [0.717, 1.165) is 40.4 Å². The Labute approximate surface area is 166 Å². The first kappa shape index (κ1) is 17.9. The van der Waals surface area contributed by atoms with E-state index in [0.29, 0.717) is 10.0 Å². The van der Waals surface area contributed by atoms with Gasteiger partial charge >= 0.3 is 0 Å². The van der Waals surface area contributed by atoms with E-state index in [2.05, 4.69) is 22.0 Å². The normalized spacial score (nSPS) is 18.3. The van der Waals surface area contributed by atoms with Gasteiger partial charge in [0.2, 0.25) is 5.95 Å². The van der Waals surface area contributed by atoms with Crippen LogP contribution in [0.15, 0.2) is 40.5 Å². The van der Waals surface area contributed by atoms with Gasteiger partial charge < -0.3 is 4.90 Å². The molecule has 8 heteroatoms. The van der Waals surface area contributed by atoms with Gasteiger partial charge in [-0.15, -0.1) is 10.2 Å². The minimum absolute atomic E-state index is 0.539. The van der Waals surface area contributed by atoms with E-state index in [4.69, 9.17) is 28.2 Å². The summed E-state index contributed by atoms with van der Waals surface area (Å²) in [5, 5.41) is 9.50. The maximum Gasteiger partial charge on any atom is 0.212 e. The summed E-state index contributed by atoms with van der Waals surface area (Å²) in [5.41, 5.74) is 0.785. The van der Waals surface area contributed by atoms with Gasteiger partial charge in [-0.1, -0.05) is 48.0 Å².